The maximum Gasteiger partial charge on any atom is -0.0170 e. The summed E-state index contributed by atoms with van der Waals surface area (Å²) in [4.78, 5) is 0. The minimum absolute atomic E-state index is 0.486. The molecule has 104 valence electrons. The molecule has 0 heteroatoms. The molecule has 18 heavy (non-hydrogen) atoms. The van der Waals surface area contributed by atoms with Gasteiger partial charge in [-0.05, 0) is 56.3 Å². The first-order valence-corrected chi connectivity index (χ1v) is 7.62. The van der Waals surface area contributed by atoms with Crippen molar-refractivity contribution in [2.75, 3.05) is 0 Å². The molecule has 0 N–H and O–H groups in total. The van der Waals surface area contributed by atoms with Crippen molar-refractivity contribution in [2.45, 2.75) is 67.7 Å². The molecular weight excluding hydrogens is 216 g/mol. The fourth-order valence-electron chi connectivity index (χ4n) is 3.22. The van der Waals surface area contributed by atoms with Gasteiger partial charge in [0.25, 0.3) is 0 Å². The molecule has 3 unspecified atom stereocenters. The molecular formula is C18H32. The van der Waals surface area contributed by atoms with Crippen LogP contribution in [0, 0.1) is 23.2 Å². The Balaban J connectivity index is 2.61. The van der Waals surface area contributed by atoms with Crippen molar-refractivity contribution in [2.24, 2.45) is 23.2 Å². The van der Waals surface area contributed by atoms with Crippen LogP contribution in [0.3, 0.4) is 0 Å². The van der Waals surface area contributed by atoms with Crippen LogP contribution in [0.15, 0.2) is 23.3 Å². The minimum atomic E-state index is 0.486. The summed E-state index contributed by atoms with van der Waals surface area (Å²) < 4.78 is 0. The lowest BCUT2D eigenvalue weighted by atomic mass is 9.68. The first kappa shape index (κ1) is 15.5. The molecule has 0 saturated carbocycles. The summed E-state index contributed by atoms with van der Waals surface area (Å²) in [5.41, 5.74) is 3.65. The first-order chi connectivity index (χ1) is 8.29. The van der Waals surface area contributed by atoms with Crippen LogP contribution in [0.4, 0.5) is 0 Å². The van der Waals surface area contributed by atoms with E-state index in [1.165, 1.54) is 24.8 Å². The Morgan fingerprint density at radius 3 is 2.44 bits per heavy atom. The van der Waals surface area contributed by atoms with Crippen LogP contribution < -0.4 is 0 Å². The third-order valence-corrected chi connectivity index (χ3v) is 5.31. The maximum absolute atomic E-state index is 2.54. The van der Waals surface area contributed by atoms with Crippen molar-refractivity contribution in [3.8, 4) is 0 Å². The zero-order valence-corrected chi connectivity index (χ0v) is 13.5. The molecule has 1 aliphatic carbocycles. The second-order valence-electron chi connectivity index (χ2n) is 7.05. The molecule has 0 nitrogen and oxygen atoms in total. The highest BCUT2D eigenvalue weighted by Crippen LogP contribution is 2.50. The van der Waals surface area contributed by atoms with Gasteiger partial charge >= 0.3 is 0 Å². The van der Waals surface area contributed by atoms with Gasteiger partial charge in [-0.25, -0.2) is 0 Å². The van der Waals surface area contributed by atoms with Gasteiger partial charge in [0.15, 0.2) is 0 Å². The normalized spacial score (nSPS) is 29.3. The number of hydrogen-bond acceptors (Lipinski definition) is 0. The van der Waals surface area contributed by atoms with Crippen molar-refractivity contribution in [3.63, 3.8) is 0 Å². The van der Waals surface area contributed by atoms with Crippen LogP contribution in [0.5, 0.6) is 0 Å². The highest BCUT2D eigenvalue weighted by Gasteiger charge is 2.40. The van der Waals surface area contributed by atoms with Gasteiger partial charge < -0.3 is 0 Å². The van der Waals surface area contributed by atoms with Gasteiger partial charge in [0, 0.05) is 0 Å². The first-order valence-electron chi connectivity index (χ1n) is 7.62. The molecule has 0 heterocycles. The Labute approximate surface area is 115 Å². The summed E-state index contributed by atoms with van der Waals surface area (Å²) in [7, 11) is 0. The van der Waals surface area contributed by atoms with Gasteiger partial charge in [-0.2, -0.15) is 0 Å². The van der Waals surface area contributed by atoms with Crippen molar-refractivity contribution >= 4 is 0 Å². The number of rotatable bonds is 5. The van der Waals surface area contributed by atoms with Gasteiger partial charge in [-0.1, -0.05) is 57.9 Å². The van der Waals surface area contributed by atoms with E-state index in [2.05, 4.69) is 60.6 Å². The fraction of sp³-hybridized carbons (Fsp3) is 0.778. The average Bonchev–Trinajstić information content (AvgIpc) is 2.56. The maximum atomic E-state index is 2.54. The molecule has 0 radical (unpaired) electrons. The van der Waals surface area contributed by atoms with Gasteiger partial charge in [0.05, 0.1) is 0 Å². The minimum Gasteiger partial charge on any atom is -0.0859 e. The molecule has 0 saturated heterocycles. The van der Waals surface area contributed by atoms with E-state index in [1.807, 2.05) is 0 Å². The van der Waals surface area contributed by atoms with Crippen LogP contribution in [-0.4, -0.2) is 0 Å². The smallest absolute Gasteiger partial charge is 0.0170 e. The van der Waals surface area contributed by atoms with Gasteiger partial charge in [0.2, 0.25) is 0 Å². The largest absolute Gasteiger partial charge is 0.0859 e. The van der Waals surface area contributed by atoms with Crippen molar-refractivity contribution in [1.29, 1.82) is 0 Å². The van der Waals surface area contributed by atoms with Crippen molar-refractivity contribution < 1.29 is 0 Å². The number of allylic oxidation sites excluding steroid dienone is 4. The Hall–Kier alpha value is -0.520. The lowest BCUT2D eigenvalue weighted by Crippen LogP contribution is -2.29. The number of hydrogen-bond donors (Lipinski definition) is 0. The molecule has 3 atom stereocenters. The van der Waals surface area contributed by atoms with E-state index in [0.29, 0.717) is 5.41 Å². The van der Waals surface area contributed by atoms with Crippen molar-refractivity contribution in [3.05, 3.63) is 23.3 Å². The molecule has 1 rings (SSSR count). The van der Waals surface area contributed by atoms with Crippen LogP contribution in [0.25, 0.3) is 0 Å². The summed E-state index contributed by atoms with van der Waals surface area (Å²) in [6.07, 6.45) is 8.71. The Kier molecular flexibility index (Phi) is 5.25. The standard InChI is InChI=1S/C18H32/c1-13(2)9-8-10-15(5)17-11-12-18(7,14(3)4)16(17)6/h9,11,14-16H,8,10,12H2,1-7H3. The van der Waals surface area contributed by atoms with E-state index in [0.717, 1.165) is 17.8 Å². The lowest BCUT2D eigenvalue weighted by Gasteiger charge is -2.36. The highest BCUT2D eigenvalue weighted by molar-refractivity contribution is 5.21. The summed E-state index contributed by atoms with van der Waals surface area (Å²) in [6.45, 7) is 16.5. The van der Waals surface area contributed by atoms with E-state index in [9.17, 15) is 0 Å². The Bertz CT molecular complexity index is 328. The van der Waals surface area contributed by atoms with Crippen LogP contribution in [-0.2, 0) is 0 Å². The van der Waals surface area contributed by atoms with Gasteiger partial charge in [0.1, 0.15) is 0 Å². The van der Waals surface area contributed by atoms with Crippen LogP contribution in [0.1, 0.15) is 67.7 Å². The predicted molar refractivity (Wildman–Crippen MR) is 82.6 cm³/mol. The highest BCUT2D eigenvalue weighted by atomic mass is 14.4. The fourth-order valence-corrected chi connectivity index (χ4v) is 3.22. The average molecular weight is 248 g/mol. The molecule has 0 amide bonds. The third kappa shape index (κ3) is 3.28. The van der Waals surface area contributed by atoms with E-state index in [4.69, 9.17) is 0 Å². The van der Waals surface area contributed by atoms with E-state index in [1.54, 1.807) is 5.57 Å². The Morgan fingerprint density at radius 2 is 2.00 bits per heavy atom. The van der Waals surface area contributed by atoms with E-state index >= 15 is 0 Å². The van der Waals surface area contributed by atoms with Crippen molar-refractivity contribution in [1.82, 2.24) is 0 Å². The van der Waals surface area contributed by atoms with Crippen LogP contribution >= 0.6 is 0 Å². The molecule has 0 aromatic heterocycles. The zero-order chi connectivity index (χ0) is 13.9. The molecule has 0 aromatic carbocycles. The quantitative estimate of drug-likeness (QED) is 0.524. The molecule has 1 aliphatic rings. The topological polar surface area (TPSA) is 0 Å². The molecule has 0 fully saturated rings. The molecule has 0 aliphatic heterocycles. The lowest BCUT2D eigenvalue weighted by molar-refractivity contribution is 0.164. The second-order valence-corrected chi connectivity index (χ2v) is 7.05. The summed E-state index contributed by atoms with van der Waals surface area (Å²) in [5, 5.41) is 0. The Morgan fingerprint density at radius 1 is 1.39 bits per heavy atom. The summed E-state index contributed by atoms with van der Waals surface area (Å²) >= 11 is 0. The second kappa shape index (κ2) is 6.08. The monoisotopic (exact) mass is 248 g/mol. The molecule has 0 aromatic rings. The summed E-state index contributed by atoms with van der Waals surface area (Å²) in [6, 6.07) is 0. The van der Waals surface area contributed by atoms with Gasteiger partial charge in [-0.15, -0.1) is 0 Å². The molecule has 0 bridgehead atoms. The van der Waals surface area contributed by atoms with E-state index in [-0.39, 0.29) is 0 Å². The van der Waals surface area contributed by atoms with E-state index < -0.39 is 0 Å². The SMILES string of the molecule is CC(C)=CCCC(C)C1=CCC(C)(C(C)C)C1C. The third-order valence-electron chi connectivity index (χ3n) is 5.31. The zero-order valence-electron chi connectivity index (χ0n) is 13.5. The van der Waals surface area contributed by atoms with Crippen LogP contribution in [0.2, 0.25) is 0 Å². The van der Waals surface area contributed by atoms with Gasteiger partial charge in [-0.3, -0.25) is 0 Å². The summed E-state index contributed by atoms with van der Waals surface area (Å²) in [5.74, 6) is 2.27. The predicted octanol–water partition coefficient (Wildman–Crippen LogP) is 6.00. The molecule has 0 spiro atoms.